The molecule has 0 N–H and O–H groups in total. The Morgan fingerprint density at radius 1 is 1.11 bits per heavy atom. The first-order valence-electron chi connectivity index (χ1n) is 5.40. The first-order chi connectivity index (χ1) is 8.49. The predicted octanol–water partition coefficient (Wildman–Crippen LogP) is 3.73. The summed E-state index contributed by atoms with van der Waals surface area (Å²) in [7, 11) is 0. The molecule has 18 heavy (non-hydrogen) atoms. The van der Waals surface area contributed by atoms with Crippen molar-refractivity contribution in [2.75, 3.05) is 0 Å². The number of esters is 1. The maximum atomic E-state index is 11.6. The SMILES string of the molecule is CC(=O)Oc1c(C(C)=O)ccc2ccc(Br)cc12. The van der Waals surface area contributed by atoms with Crippen LogP contribution in [0.2, 0.25) is 0 Å². The van der Waals surface area contributed by atoms with Crippen LogP contribution in [0.5, 0.6) is 5.75 Å². The number of carbonyl (C=O) groups is 2. The molecule has 2 aromatic rings. The topological polar surface area (TPSA) is 43.4 Å². The lowest BCUT2D eigenvalue weighted by Gasteiger charge is -2.10. The van der Waals surface area contributed by atoms with Gasteiger partial charge in [0.15, 0.2) is 5.78 Å². The summed E-state index contributed by atoms with van der Waals surface area (Å²) in [6.07, 6.45) is 0. The van der Waals surface area contributed by atoms with Gasteiger partial charge in [0, 0.05) is 16.8 Å². The third-order valence-electron chi connectivity index (χ3n) is 2.56. The van der Waals surface area contributed by atoms with Crippen molar-refractivity contribution in [3.05, 3.63) is 40.4 Å². The summed E-state index contributed by atoms with van der Waals surface area (Å²) >= 11 is 3.37. The Morgan fingerprint density at radius 2 is 1.78 bits per heavy atom. The van der Waals surface area contributed by atoms with Crippen molar-refractivity contribution in [2.45, 2.75) is 13.8 Å². The number of rotatable bonds is 2. The van der Waals surface area contributed by atoms with Crippen molar-refractivity contribution in [3.8, 4) is 5.75 Å². The van der Waals surface area contributed by atoms with Gasteiger partial charge in [-0.25, -0.2) is 0 Å². The van der Waals surface area contributed by atoms with Gasteiger partial charge < -0.3 is 4.74 Å². The van der Waals surface area contributed by atoms with E-state index in [1.54, 1.807) is 6.07 Å². The fourth-order valence-corrected chi connectivity index (χ4v) is 2.16. The largest absolute Gasteiger partial charge is 0.425 e. The minimum Gasteiger partial charge on any atom is -0.425 e. The van der Waals surface area contributed by atoms with Crippen molar-refractivity contribution in [2.24, 2.45) is 0 Å². The van der Waals surface area contributed by atoms with E-state index >= 15 is 0 Å². The number of ether oxygens (including phenoxy) is 1. The highest BCUT2D eigenvalue weighted by Gasteiger charge is 2.14. The Kier molecular flexibility index (Phi) is 3.48. The highest BCUT2D eigenvalue weighted by atomic mass is 79.9. The Hall–Kier alpha value is -1.68. The van der Waals surface area contributed by atoms with Crippen molar-refractivity contribution >= 4 is 38.5 Å². The number of hydrogen-bond acceptors (Lipinski definition) is 3. The molecule has 0 heterocycles. The minimum absolute atomic E-state index is 0.131. The molecule has 92 valence electrons. The van der Waals surface area contributed by atoms with E-state index < -0.39 is 5.97 Å². The van der Waals surface area contributed by atoms with E-state index in [0.717, 1.165) is 15.2 Å². The van der Waals surface area contributed by atoms with Crippen LogP contribution in [0.3, 0.4) is 0 Å². The summed E-state index contributed by atoms with van der Waals surface area (Å²) in [6, 6.07) is 9.14. The summed E-state index contributed by atoms with van der Waals surface area (Å²) in [5, 5.41) is 1.66. The Labute approximate surface area is 113 Å². The van der Waals surface area contributed by atoms with Crippen LogP contribution in [0, 0.1) is 0 Å². The zero-order chi connectivity index (χ0) is 13.3. The van der Waals surface area contributed by atoms with Gasteiger partial charge in [0.05, 0.1) is 5.56 Å². The van der Waals surface area contributed by atoms with Crippen LogP contribution in [0.25, 0.3) is 10.8 Å². The number of ketones is 1. The van der Waals surface area contributed by atoms with Crippen LogP contribution in [0.4, 0.5) is 0 Å². The highest BCUT2D eigenvalue weighted by Crippen LogP contribution is 2.32. The summed E-state index contributed by atoms with van der Waals surface area (Å²) < 4.78 is 6.06. The molecule has 0 aliphatic carbocycles. The summed E-state index contributed by atoms with van der Waals surface area (Å²) in [5.74, 6) is -0.244. The standard InChI is InChI=1S/C14H11BrO3/c1-8(16)12-6-4-10-3-5-11(15)7-13(10)14(12)18-9(2)17/h3-7H,1-2H3. The first kappa shape index (κ1) is 12.8. The quantitative estimate of drug-likeness (QED) is 0.482. The van der Waals surface area contributed by atoms with E-state index in [1.165, 1.54) is 13.8 Å². The number of benzene rings is 2. The second kappa shape index (κ2) is 4.90. The van der Waals surface area contributed by atoms with Gasteiger partial charge in [0.1, 0.15) is 5.75 Å². The molecule has 0 spiro atoms. The molecule has 0 fully saturated rings. The molecule has 3 nitrogen and oxygen atoms in total. The van der Waals surface area contributed by atoms with Gasteiger partial charge in [0.25, 0.3) is 0 Å². The summed E-state index contributed by atoms with van der Waals surface area (Å²) in [6.45, 7) is 2.77. The highest BCUT2D eigenvalue weighted by molar-refractivity contribution is 9.10. The van der Waals surface area contributed by atoms with Crippen LogP contribution in [-0.2, 0) is 4.79 Å². The number of hydrogen-bond donors (Lipinski definition) is 0. The molecule has 0 amide bonds. The predicted molar refractivity (Wildman–Crippen MR) is 73.0 cm³/mol. The molecule has 0 aliphatic heterocycles. The van der Waals surface area contributed by atoms with Crippen LogP contribution in [0.15, 0.2) is 34.8 Å². The van der Waals surface area contributed by atoms with Crippen LogP contribution < -0.4 is 4.74 Å². The van der Waals surface area contributed by atoms with E-state index in [1.807, 2.05) is 24.3 Å². The molecule has 2 rings (SSSR count). The molecule has 0 aliphatic rings. The monoisotopic (exact) mass is 306 g/mol. The van der Waals surface area contributed by atoms with Gasteiger partial charge in [-0.05, 0) is 30.5 Å². The molecule has 4 heteroatoms. The summed E-state index contributed by atoms with van der Waals surface area (Å²) in [5.41, 5.74) is 0.413. The molecular formula is C14H11BrO3. The van der Waals surface area contributed by atoms with Gasteiger partial charge >= 0.3 is 5.97 Å². The average Bonchev–Trinajstić information content (AvgIpc) is 2.28. The lowest BCUT2D eigenvalue weighted by molar-refractivity contribution is -0.131. The van der Waals surface area contributed by atoms with Gasteiger partial charge in [-0.15, -0.1) is 0 Å². The lowest BCUT2D eigenvalue weighted by Crippen LogP contribution is -2.06. The van der Waals surface area contributed by atoms with Crippen LogP contribution in [-0.4, -0.2) is 11.8 Å². The fourth-order valence-electron chi connectivity index (χ4n) is 1.80. The van der Waals surface area contributed by atoms with Gasteiger partial charge in [-0.1, -0.05) is 28.1 Å². The molecular weight excluding hydrogens is 296 g/mol. The van der Waals surface area contributed by atoms with Crippen LogP contribution in [0.1, 0.15) is 24.2 Å². The van der Waals surface area contributed by atoms with Gasteiger partial charge in [-0.2, -0.15) is 0 Å². The minimum atomic E-state index is -0.440. The van der Waals surface area contributed by atoms with E-state index in [9.17, 15) is 9.59 Å². The van der Waals surface area contributed by atoms with E-state index in [-0.39, 0.29) is 5.78 Å². The van der Waals surface area contributed by atoms with E-state index in [4.69, 9.17) is 4.74 Å². The lowest BCUT2D eigenvalue weighted by atomic mass is 10.0. The fraction of sp³-hybridized carbons (Fsp3) is 0.143. The zero-order valence-corrected chi connectivity index (χ0v) is 11.6. The maximum absolute atomic E-state index is 11.6. The van der Waals surface area contributed by atoms with Gasteiger partial charge in [0.2, 0.25) is 0 Å². The first-order valence-corrected chi connectivity index (χ1v) is 6.20. The normalized spacial score (nSPS) is 10.4. The second-order valence-electron chi connectivity index (χ2n) is 3.96. The molecule has 0 atom stereocenters. The van der Waals surface area contributed by atoms with Crippen LogP contribution >= 0.6 is 15.9 Å². The molecule has 0 saturated heterocycles. The Balaban J connectivity index is 2.78. The molecule has 0 aromatic heterocycles. The van der Waals surface area contributed by atoms with Crippen molar-refractivity contribution < 1.29 is 14.3 Å². The number of carbonyl (C=O) groups excluding carboxylic acids is 2. The third kappa shape index (κ3) is 2.43. The smallest absolute Gasteiger partial charge is 0.308 e. The molecule has 0 radical (unpaired) electrons. The number of fused-ring (bicyclic) bond motifs is 1. The number of halogens is 1. The van der Waals surface area contributed by atoms with Crippen molar-refractivity contribution in [3.63, 3.8) is 0 Å². The van der Waals surface area contributed by atoms with E-state index in [2.05, 4.69) is 15.9 Å². The second-order valence-corrected chi connectivity index (χ2v) is 4.87. The molecule has 0 saturated carbocycles. The van der Waals surface area contributed by atoms with Gasteiger partial charge in [-0.3, -0.25) is 9.59 Å². The maximum Gasteiger partial charge on any atom is 0.308 e. The van der Waals surface area contributed by atoms with Crippen molar-refractivity contribution in [1.82, 2.24) is 0 Å². The summed E-state index contributed by atoms with van der Waals surface area (Å²) in [4.78, 5) is 22.7. The molecule has 0 bridgehead atoms. The third-order valence-corrected chi connectivity index (χ3v) is 3.05. The van der Waals surface area contributed by atoms with E-state index in [0.29, 0.717) is 11.3 Å². The molecule has 2 aromatic carbocycles. The number of Topliss-reactive ketones (excluding diaryl/α,β-unsaturated/α-hetero) is 1. The Bertz CT molecular complexity index is 647. The Morgan fingerprint density at radius 3 is 2.39 bits per heavy atom. The zero-order valence-electron chi connectivity index (χ0n) is 9.99. The van der Waals surface area contributed by atoms with Crippen molar-refractivity contribution in [1.29, 1.82) is 0 Å². The average molecular weight is 307 g/mol. The molecule has 0 unspecified atom stereocenters.